The number of halogens is 2. The molecule has 2 heterocycles. The monoisotopic (exact) mass is 490 g/mol. The van der Waals surface area contributed by atoms with Crippen LogP contribution in [0.5, 0.6) is 0 Å². The van der Waals surface area contributed by atoms with Crippen molar-refractivity contribution in [1.82, 2.24) is 15.0 Å². The van der Waals surface area contributed by atoms with Gasteiger partial charge in [0.1, 0.15) is 0 Å². The van der Waals surface area contributed by atoms with Crippen molar-refractivity contribution in [2.75, 3.05) is 24.2 Å². The maximum absolute atomic E-state index is 13.0. The Morgan fingerprint density at radius 1 is 1.28 bits per heavy atom. The average molecular weight is 491 g/mol. The SMILES string of the molecule is CCSc1ccccc1NC(=O)C1CCCN(Cc2nc(-c3ccc(Cl)cc3Cl)no2)C1. The summed E-state index contributed by atoms with van der Waals surface area (Å²) >= 11 is 13.9. The summed E-state index contributed by atoms with van der Waals surface area (Å²) in [4.78, 5) is 20.7. The van der Waals surface area contributed by atoms with Gasteiger partial charge in [-0.05, 0) is 55.5 Å². The largest absolute Gasteiger partial charge is 0.338 e. The summed E-state index contributed by atoms with van der Waals surface area (Å²) in [5, 5.41) is 8.21. The Balaban J connectivity index is 1.38. The number of carbonyl (C=O) groups is 1. The Labute approximate surface area is 201 Å². The van der Waals surface area contributed by atoms with Gasteiger partial charge in [0.05, 0.1) is 23.2 Å². The zero-order valence-corrected chi connectivity index (χ0v) is 20.0. The number of nitrogens with one attached hydrogen (secondary N) is 1. The van der Waals surface area contributed by atoms with Gasteiger partial charge in [0, 0.05) is 22.0 Å². The maximum Gasteiger partial charge on any atom is 0.241 e. The molecule has 32 heavy (non-hydrogen) atoms. The molecule has 6 nitrogen and oxygen atoms in total. The number of hydrogen-bond acceptors (Lipinski definition) is 6. The highest BCUT2D eigenvalue weighted by Crippen LogP contribution is 2.30. The first-order valence-electron chi connectivity index (χ1n) is 10.6. The number of amides is 1. The molecule has 2 aromatic carbocycles. The van der Waals surface area contributed by atoms with E-state index in [1.54, 1.807) is 30.0 Å². The van der Waals surface area contributed by atoms with Crippen molar-refractivity contribution in [1.29, 1.82) is 0 Å². The minimum atomic E-state index is -0.0865. The van der Waals surface area contributed by atoms with E-state index < -0.39 is 0 Å². The van der Waals surface area contributed by atoms with Gasteiger partial charge in [-0.1, -0.05) is 47.4 Å². The van der Waals surface area contributed by atoms with Gasteiger partial charge >= 0.3 is 0 Å². The minimum absolute atomic E-state index is 0.0537. The molecule has 1 aliphatic heterocycles. The highest BCUT2D eigenvalue weighted by molar-refractivity contribution is 7.99. The van der Waals surface area contributed by atoms with E-state index in [1.807, 2.05) is 24.3 Å². The van der Waals surface area contributed by atoms with Gasteiger partial charge in [-0.25, -0.2) is 0 Å². The molecule has 1 unspecified atom stereocenters. The van der Waals surface area contributed by atoms with Gasteiger partial charge in [0.2, 0.25) is 17.6 Å². The normalized spacial score (nSPS) is 16.8. The van der Waals surface area contributed by atoms with E-state index in [1.165, 1.54) is 0 Å². The molecule has 0 saturated carbocycles. The van der Waals surface area contributed by atoms with Crippen LogP contribution < -0.4 is 5.32 Å². The number of likely N-dealkylation sites (tertiary alicyclic amines) is 1. The molecule has 0 spiro atoms. The fourth-order valence-corrected chi connectivity index (χ4v) is 5.04. The average Bonchev–Trinajstić information content (AvgIpc) is 3.23. The van der Waals surface area contributed by atoms with E-state index in [4.69, 9.17) is 27.7 Å². The molecule has 9 heteroatoms. The number of piperidine rings is 1. The van der Waals surface area contributed by atoms with Crippen molar-refractivity contribution in [3.8, 4) is 11.4 Å². The fourth-order valence-electron chi connectivity index (χ4n) is 3.79. The zero-order valence-electron chi connectivity index (χ0n) is 17.7. The van der Waals surface area contributed by atoms with E-state index in [2.05, 4.69) is 27.3 Å². The predicted molar refractivity (Wildman–Crippen MR) is 129 cm³/mol. The Morgan fingerprint density at radius 2 is 2.12 bits per heavy atom. The van der Waals surface area contributed by atoms with Crippen LogP contribution in [0.1, 0.15) is 25.7 Å². The van der Waals surface area contributed by atoms with E-state index in [-0.39, 0.29) is 11.8 Å². The second-order valence-corrected chi connectivity index (χ2v) is 9.78. The van der Waals surface area contributed by atoms with Crippen LogP contribution >= 0.6 is 35.0 Å². The first-order valence-corrected chi connectivity index (χ1v) is 12.3. The van der Waals surface area contributed by atoms with Crippen LogP contribution in [-0.4, -0.2) is 39.8 Å². The number of aromatic nitrogens is 2. The third-order valence-electron chi connectivity index (χ3n) is 5.32. The highest BCUT2D eigenvalue weighted by Gasteiger charge is 2.27. The first kappa shape index (κ1) is 23.1. The summed E-state index contributed by atoms with van der Waals surface area (Å²) in [6, 6.07) is 13.1. The molecule has 1 N–H and O–H groups in total. The van der Waals surface area contributed by atoms with Gasteiger partial charge in [-0.15, -0.1) is 11.8 Å². The standard InChI is InChI=1S/C23H24Cl2N4O2S/c1-2-32-20-8-4-3-7-19(20)26-23(30)15-6-5-11-29(13-15)14-21-27-22(28-31-21)17-10-9-16(24)12-18(17)25/h3-4,7-10,12,15H,2,5-6,11,13-14H2,1H3,(H,26,30). The topological polar surface area (TPSA) is 71.3 Å². The van der Waals surface area contributed by atoms with Crippen LogP contribution in [0, 0.1) is 5.92 Å². The van der Waals surface area contributed by atoms with Crippen molar-refractivity contribution >= 4 is 46.6 Å². The summed E-state index contributed by atoms with van der Waals surface area (Å²) in [6.07, 6.45) is 1.80. The Morgan fingerprint density at radius 3 is 2.94 bits per heavy atom. The molecular weight excluding hydrogens is 467 g/mol. The third-order valence-corrected chi connectivity index (χ3v) is 6.82. The van der Waals surface area contributed by atoms with Gasteiger partial charge in [-0.3, -0.25) is 9.69 Å². The lowest BCUT2D eigenvalue weighted by molar-refractivity contribution is -0.121. The van der Waals surface area contributed by atoms with Crippen LogP contribution in [0.3, 0.4) is 0 Å². The smallest absolute Gasteiger partial charge is 0.241 e. The lowest BCUT2D eigenvalue weighted by atomic mass is 9.97. The molecular formula is C23H24Cl2N4O2S. The van der Waals surface area contributed by atoms with Crippen LogP contribution in [0.4, 0.5) is 5.69 Å². The summed E-state index contributed by atoms with van der Waals surface area (Å²) in [6.45, 7) is 4.12. The summed E-state index contributed by atoms with van der Waals surface area (Å²) in [5.41, 5.74) is 1.55. The van der Waals surface area contributed by atoms with E-state index >= 15 is 0 Å². The van der Waals surface area contributed by atoms with Crippen molar-refractivity contribution in [2.45, 2.75) is 31.2 Å². The molecule has 1 aliphatic rings. The van der Waals surface area contributed by atoms with Crippen molar-refractivity contribution in [3.05, 3.63) is 58.4 Å². The van der Waals surface area contributed by atoms with Crippen molar-refractivity contribution in [3.63, 3.8) is 0 Å². The second kappa shape index (κ2) is 10.7. The number of benzene rings is 2. The van der Waals surface area contributed by atoms with Crippen molar-refractivity contribution < 1.29 is 9.32 Å². The Bertz CT molecular complexity index is 1090. The Hall–Kier alpha value is -2.06. The maximum atomic E-state index is 13.0. The highest BCUT2D eigenvalue weighted by atomic mass is 35.5. The quantitative estimate of drug-likeness (QED) is 0.409. The van der Waals surface area contributed by atoms with Gasteiger partial charge in [-0.2, -0.15) is 4.98 Å². The van der Waals surface area contributed by atoms with Gasteiger partial charge in [0.25, 0.3) is 0 Å². The van der Waals surface area contributed by atoms with Gasteiger partial charge in [0.15, 0.2) is 0 Å². The molecule has 168 valence electrons. The molecule has 1 saturated heterocycles. The lowest BCUT2D eigenvalue weighted by Gasteiger charge is -2.31. The van der Waals surface area contributed by atoms with Crippen molar-refractivity contribution in [2.24, 2.45) is 5.92 Å². The summed E-state index contributed by atoms with van der Waals surface area (Å²) in [5.74, 6) is 1.85. The second-order valence-electron chi connectivity index (χ2n) is 7.63. The molecule has 1 aromatic heterocycles. The third kappa shape index (κ3) is 5.64. The number of thioether (sulfide) groups is 1. The molecule has 4 rings (SSSR count). The number of nitrogens with zero attached hydrogens (tertiary/aromatic N) is 3. The number of hydrogen-bond donors (Lipinski definition) is 1. The summed E-state index contributed by atoms with van der Waals surface area (Å²) < 4.78 is 5.44. The zero-order chi connectivity index (χ0) is 22.5. The molecule has 1 fully saturated rings. The number of anilines is 1. The summed E-state index contributed by atoms with van der Waals surface area (Å²) in [7, 11) is 0. The van der Waals surface area contributed by atoms with Gasteiger partial charge < -0.3 is 9.84 Å². The lowest BCUT2D eigenvalue weighted by Crippen LogP contribution is -2.40. The van der Waals surface area contributed by atoms with E-state index in [0.717, 1.165) is 35.7 Å². The molecule has 3 aromatic rings. The Kier molecular flexibility index (Phi) is 7.73. The van der Waals surface area contributed by atoms with Crippen LogP contribution in [-0.2, 0) is 11.3 Å². The van der Waals surface area contributed by atoms with Crippen LogP contribution in [0.15, 0.2) is 51.9 Å². The molecule has 1 amide bonds. The van der Waals surface area contributed by atoms with Crippen LogP contribution in [0.2, 0.25) is 10.0 Å². The van der Waals surface area contributed by atoms with Crippen LogP contribution in [0.25, 0.3) is 11.4 Å². The molecule has 0 bridgehead atoms. The minimum Gasteiger partial charge on any atom is -0.338 e. The first-order chi connectivity index (χ1) is 15.5. The number of carbonyl (C=O) groups excluding carboxylic acids is 1. The van der Waals surface area contributed by atoms with E-state index in [9.17, 15) is 4.79 Å². The number of rotatable bonds is 7. The number of para-hydroxylation sites is 1. The fraction of sp³-hybridized carbons (Fsp3) is 0.348. The molecule has 0 aliphatic carbocycles. The molecule has 1 atom stereocenters. The predicted octanol–water partition coefficient (Wildman–Crippen LogP) is 6.01. The van der Waals surface area contributed by atoms with E-state index in [0.29, 0.717) is 40.4 Å². The molecule has 0 radical (unpaired) electrons.